The van der Waals surface area contributed by atoms with Crippen LogP contribution in [0.25, 0.3) is 0 Å². The van der Waals surface area contributed by atoms with E-state index >= 15 is 0 Å². The summed E-state index contributed by atoms with van der Waals surface area (Å²) >= 11 is 0. The number of carbonyl (C=O) groups excluding carboxylic acids is 1. The van der Waals surface area contributed by atoms with Crippen LogP contribution >= 0.6 is 0 Å². The third kappa shape index (κ3) is 2.42. The molecule has 0 spiro atoms. The first kappa shape index (κ1) is 11.4. The number of rotatable bonds is 2. The molecule has 1 unspecified atom stereocenters. The molecule has 0 aromatic heterocycles. The highest BCUT2D eigenvalue weighted by atomic mass is 19.3. The standard InChI is InChI=1S/C8H10F2N2O3/c1-2-6(13)12-3-5(11-7(14)15)8(9,10)4-12/h2,5,11H,1,3-4H2,(H,14,15). The first-order valence-corrected chi connectivity index (χ1v) is 4.15. The zero-order chi connectivity index (χ0) is 11.6. The lowest BCUT2D eigenvalue weighted by atomic mass is 10.2. The Labute approximate surface area is 84.4 Å². The molecule has 5 nitrogen and oxygen atoms in total. The summed E-state index contributed by atoms with van der Waals surface area (Å²) in [7, 11) is 0. The molecule has 7 heteroatoms. The molecule has 15 heavy (non-hydrogen) atoms. The van der Waals surface area contributed by atoms with E-state index in [1.54, 1.807) is 5.32 Å². The zero-order valence-electron chi connectivity index (χ0n) is 7.74. The van der Waals surface area contributed by atoms with Gasteiger partial charge in [0.15, 0.2) is 0 Å². The van der Waals surface area contributed by atoms with Crippen molar-refractivity contribution < 1.29 is 23.5 Å². The van der Waals surface area contributed by atoms with Crippen molar-refractivity contribution in [3.05, 3.63) is 12.7 Å². The number of nitrogens with zero attached hydrogens (tertiary/aromatic N) is 1. The molecule has 1 rings (SSSR count). The minimum Gasteiger partial charge on any atom is -0.465 e. The first-order chi connectivity index (χ1) is 6.86. The van der Waals surface area contributed by atoms with E-state index in [9.17, 15) is 18.4 Å². The maximum atomic E-state index is 13.2. The lowest BCUT2D eigenvalue weighted by Crippen LogP contribution is -2.46. The molecule has 1 saturated heterocycles. The van der Waals surface area contributed by atoms with Crippen molar-refractivity contribution in [3.8, 4) is 0 Å². The molecule has 0 radical (unpaired) electrons. The Balaban J connectivity index is 2.71. The van der Waals surface area contributed by atoms with Crippen LogP contribution in [0.1, 0.15) is 0 Å². The molecule has 2 amide bonds. The van der Waals surface area contributed by atoms with Crippen molar-refractivity contribution in [1.29, 1.82) is 0 Å². The number of carbonyl (C=O) groups is 2. The highest BCUT2D eigenvalue weighted by Gasteiger charge is 2.49. The summed E-state index contributed by atoms with van der Waals surface area (Å²) < 4.78 is 26.3. The molecular formula is C8H10F2N2O3. The molecule has 1 fully saturated rings. The largest absolute Gasteiger partial charge is 0.465 e. The Kier molecular flexibility index (Phi) is 2.92. The maximum Gasteiger partial charge on any atom is 0.405 e. The average Bonchev–Trinajstić information content (AvgIpc) is 2.40. The van der Waals surface area contributed by atoms with Crippen LogP contribution < -0.4 is 5.32 Å². The van der Waals surface area contributed by atoms with E-state index in [2.05, 4.69) is 6.58 Å². The number of amides is 2. The summed E-state index contributed by atoms with van der Waals surface area (Å²) in [5, 5.41) is 10.00. The lowest BCUT2D eigenvalue weighted by Gasteiger charge is -2.16. The second kappa shape index (κ2) is 3.84. The van der Waals surface area contributed by atoms with Crippen LogP contribution in [-0.4, -0.2) is 47.1 Å². The monoisotopic (exact) mass is 220 g/mol. The fourth-order valence-corrected chi connectivity index (χ4v) is 1.38. The Morgan fingerprint density at radius 2 is 2.20 bits per heavy atom. The SMILES string of the molecule is C=CC(=O)N1CC(NC(=O)O)C(F)(F)C1. The van der Waals surface area contributed by atoms with Crippen LogP contribution in [-0.2, 0) is 4.79 Å². The highest BCUT2D eigenvalue weighted by Crippen LogP contribution is 2.27. The Hall–Kier alpha value is -1.66. The van der Waals surface area contributed by atoms with Gasteiger partial charge in [0.25, 0.3) is 5.92 Å². The van der Waals surface area contributed by atoms with Crippen molar-refractivity contribution >= 4 is 12.0 Å². The molecule has 1 aliphatic rings. The van der Waals surface area contributed by atoms with Gasteiger partial charge in [-0.3, -0.25) is 4.79 Å². The molecular weight excluding hydrogens is 210 g/mol. The Morgan fingerprint density at radius 1 is 1.60 bits per heavy atom. The number of halogens is 2. The number of likely N-dealkylation sites (tertiary alicyclic amines) is 1. The highest BCUT2D eigenvalue weighted by molar-refractivity contribution is 5.87. The minimum atomic E-state index is -3.24. The normalized spacial score (nSPS) is 23.6. The van der Waals surface area contributed by atoms with Gasteiger partial charge in [0.05, 0.1) is 6.54 Å². The number of hydrogen-bond acceptors (Lipinski definition) is 2. The molecule has 1 heterocycles. The molecule has 0 bridgehead atoms. The van der Waals surface area contributed by atoms with Crippen molar-refractivity contribution in [1.82, 2.24) is 10.2 Å². The molecule has 84 valence electrons. The third-order valence-corrected chi connectivity index (χ3v) is 2.10. The van der Waals surface area contributed by atoms with Gasteiger partial charge in [-0.15, -0.1) is 0 Å². The number of alkyl halides is 2. The van der Waals surface area contributed by atoms with Gasteiger partial charge in [-0.25, -0.2) is 13.6 Å². The summed E-state index contributed by atoms with van der Waals surface area (Å²) in [5.41, 5.74) is 0. The van der Waals surface area contributed by atoms with Crippen molar-refractivity contribution in [2.45, 2.75) is 12.0 Å². The molecule has 0 saturated carbocycles. The molecule has 1 atom stereocenters. The van der Waals surface area contributed by atoms with Gasteiger partial charge >= 0.3 is 6.09 Å². The van der Waals surface area contributed by atoms with Crippen LogP contribution in [0.15, 0.2) is 12.7 Å². The fourth-order valence-electron chi connectivity index (χ4n) is 1.38. The maximum absolute atomic E-state index is 13.2. The second-order valence-corrected chi connectivity index (χ2v) is 3.19. The van der Waals surface area contributed by atoms with E-state index in [0.717, 1.165) is 11.0 Å². The van der Waals surface area contributed by atoms with E-state index in [4.69, 9.17) is 5.11 Å². The Morgan fingerprint density at radius 3 is 2.67 bits per heavy atom. The molecule has 0 aliphatic carbocycles. The first-order valence-electron chi connectivity index (χ1n) is 4.15. The second-order valence-electron chi connectivity index (χ2n) is 3.19. The number of carboxylic acid groups (broad SMARTS) is 1. The van der Waals surface area contributed by atoms with Crippen molar-refractivity contribution in [2.75, 3.05) is 13.1 Å². The predicted molar refractivity (Wildman–Crippen MR) is 46.7 cm³/mol. The van der Waals surface area contributed by atoms with Gasteiger partial charge in [0.2, 0.25) is 5.91 Å². The van der Waals surface area contributed by atoms with Gasteiger partial charge in [-0.1, -0.05) is 6.58 Å². The minimum absolute atomic E-state index is 0.343. The van der Waals surface area contributed by atoms with Crippen molar-refractivity contribution in [3.63, 3.8) is 0 Å². The predicted octanol–water partition coefficient (Wildman–Crippen LogP) is 0.286. The van der Waals surface area contributed by atoms with Gasteiger partial charge in [0, 0.05) is 6.54 Å². The van der Waals surface area contributed by atoms with E-state index in [0.29, 0.717) is 0 Å². The van der Waals surface area contributed by atoms with E-state index in [-0.39, 0.29) is 6.54 Å². The van der Waals surface area contributed by atoms with Gasteiger partial charge < -0.3 is 15.3 Å². The summed E-state index contributed by atoms with van der Waals surface area (Å²) in [6, 6.07) is -1.56. The number of hydrogen-bond donors (Lipinski definition) is 2. The summed E-state index contributed by atoms with van der Waals surface area (Å²) in [5.74, 6) is -3.87. The van der Waals surface area contributed by atoms with Crippen LogP contribution in [0.4, 0.5) is 13.6 Å². The molecule has 0 aromatic rings. The molecule has 1 aliphatic heterocycles. The summed E-state index contributed by atoms with van der Waals surface area (Å²) in [4.78, 5) is 22.1. The van der Waals surface area contributed by atoms with Crippen LogP contribution in [0.5, 0.6) is 0 Å². The average molecular weight is 220 g/mol. The van der Waals surface area contributed by atoms with Gasteiger partial charge in [-0.05, 0) is 6.08 Å². The zero-order valence-corrected chi connectivity index (χ0v) is 7.74. The quantitative estimate of drug-likeness (QED) is 0.657. The smallest absolute Gasteiger partial charge is 0.405 e. The Bertz CT molecular complexity index is 306. The van der Waals surface area contributed by atoms with Gasteiger partial charge in [0.1, 0.15) is 6.04 Å². The molecule has 0 aromatic carbocycles. The topological polar surface area (TPSA) is 69.6 Å². The van der Waals surface area contributed by atoms with E-state index < -0.39 is 30.5 Å². The summed E-state index contributed by atoms with van der Waals surface area (Å²) in [6.45, 7) is 2.03. The fraction of sp³-hybridized carbons (Fsp3) is 0.500. The van der Waals surface area contributed by atoms with Gasteiger partial charge in [-0.2, -0.15) is 0 Å². The lowest BCUT2D eigenvalue weighted by molar-refractivity contribution is -0.126. The van der Waals surface area contributed by atoms with Crippen LogP contribution in [0.2, 0.25) is 0 Å². The van der Waals surface area contributed by atoms with E-state index in [1.165, 1.54) is 0 Å². The summed E-state index contributed by atoms with van der Waals surface area (Å²) in [6.07, 6.45) is -0.619. The number of nitrogens with one attached hydrogen (secondary N) is 1. The van der Waals surface area contributed by atoms with Crippen molar-refractivity contribution in [2.24, 2.45) is 0 Å². The molecule has 2 N–H and O–H groups in total. The van der Waals surface area contributed by atoms with E-state index in [1.807, 2.05) is 0 Å². The van der Waals surface area contributed by atoms with Crippen LogP contribution in [0.3, 0.4) is 0 Å². The van der Waals surface area contributed by atoms with Crippen LogP contribution in [0, 0.1) is 0 Å². The third-order valence-electron chi connectivity index (χ3n) is 2.10.